The van der Waals surface area contributed by atoms with Crippen molar-refractivity contribution in [2.45, 2.75) is 6.92 Å². The van der Waals surface area contributed by atoms with E-state index in [4.69, 9.17) is 19.3 Å². The molecular weight excluding hydrogens is 264 g/mol. The van der Waals surface area contributed by atoms with E-state index in [1.807, 2.05) is 0 Å². The molecule has 1 rings (SSSR count). The van der Waals surface area contributed by atoms with Crippen LogP contribution in [-0.2, 0) is 14.2 Å². The van der Waals surface area contributed by atoms with Crippen molar-refractivity contribution in [3.05, 3.63) is 47.7 Å². The van der Waals surface area contributed by atoms with E-state index >= 15 is 0 Å². The molecule has 0 atom stereocenters. The van der Waals surface area contributed by atoms with E-state index in [0.29, 0.717) is 5.76 Å². The van der Waals surface area contributed by atoms with Crippen LogP contribution in [0.2, 0.25) is 0 Å². The number of benzene rings is 1. The summed E-state index contributed by atoms with van der Waals surface area (Å²) in [4.78, 5) is 22.7. The van der Waals surface area contributed by atoms with Gasteiger partial charge >= 0.3 is 11.9 Å². The Balaban J connectivity index is 2.40. The van der Waals surface area contributed by atoms with Crippen LogP contribution in [0.5, 0.6) is 0 Å². The zero-order valence-corrected chi connectivity index (χ0v) is 11.1. The summed E-state index contributed by atoms with van der Waals surface area (Å²) >= 11 is 0. The van der Waals surface area contributed by atoms with Gasteiger partial charge in [0.1, 0.15) is 6.61 Å². The molecule has 20 heavy (non-hydrogen) atoms. The average Bonchev–Trinajstić information content (AvgIpc) is 2.42. The topological polar surface area (TPSA) is 82.1 Å². The molecule has 0 aromatic heterocycles. The predicted molar refractivity (Wildman–Crippen MR) is 70.4 cm³/mol. The van der Waals surface area contributed by atoms with Crippen molar-refractivity contribution in [3.63, 3.8) is 0 Å². The fourth-order valence-corrected chi connectivity index (χ4v) is 1.32. The number of hydrogen-bond donors (Lipinski definition) is 1. The maximum atomic E-state index is 11.7. The molecule has 0 radical (unpaired) electrons. The van der Waals surface area contributed by atoms with E-state index in [9.17, 15) is 9.59 Å². The van der Waals surface area contributed by atoms with E-state index < -0.39 is 11.9 Å². The lowest BCUT2D eigenvalue weighted by molar-refractivity contribution is -0.0387. The summed E-state index contributed by atoms with van der Waals surface area (Å²) in [6.07, 6.45) is 0. The Hall–Kier alpha value is -2.34. The molecule has 1 aromatic rings. The number of allylic oxidation sites excluding steroid dienone is 1. The molecule has 0 heterocycles. The molecule has 0 amide bonds. The zero-order chi connectivity index (χ0) is 15.0. The molecule has 0 saturated heterocycles. The molecule has 0 aliphatic rings. The van der Waals surface area contributed by atoms with Gasteiger partial charge in [0.05, 0.1) is 23.5 Å². The van der Waals surface area contributed by atoms with Crippen LogP contribution >= 0.6 is 0 Å². The van der Waals surface area contributed by atoms with Gasteiger partial charge in [-0.3, -0.25) is 0 Å². The first kappa shape index (κ1) is 15.7. The quantitative estimate of drug-likeness (QED) is 0.340. The van der Waals surface area contributed by atoms with Gasteiger partial charge in [-0.25, -0.2) is 9.59 Å². The predicted octanol–water partition coefficient (Wildman–Crippen LogP) is 2.07. The fraction of sp³-hybridized carbons (Fsp3) is 0.286. The number of carboxylic acid groups (broad SMARTS) is 1. The van der Waals surface area contributed by atoms with Gasteiger partial charge in [-0.2, -0.15) is 0 Å². The molecule has 6 heteroatoms. The third-order valence-corrected chi connectivity index (χ3v) is 2.23. The van der Waals surface area contributed by atoms with Crippen molar-refractivity contribution >= 4 is 11.9 Å². The summed E-state index contributed by atoms with van der Waals surface area (Å²) < 4.78 is 14.9. The average molecular weight is 280 g/mol. The van der Waals surface area contributed by atoms with Gasteiger partial charge in [-0.15, -0.1) is 0 Å². The smallest absolute Gasteiger partial charge is 0.339 e. The molecule has 0 bridgehead atoms. The van der Waals surface area contributed by atoms with E-state index in [-0.39, 0.29) is 31.1 Å². The van der Waals surface area contributed by atoms with E-state index in [2.05, 4.69) is 6.58 Å². The van der Waals surface area contributed by atoms with Crippen LogP contribution in [0.15, 0.2) is 36.6 Å². The number of carbonyl (C=O) groups excluding carboxylic acids is 1. The highest BCUT2D eigenvalue weighted by molar-refractivity contribution is 6.02. The van der Waals surface area contributed by atoms with E-state index in [1.165, 1.54) is 18.2 Å². The van der Waals surface area contributed by atoms with Gasteiger partial charge in [0.2, 0.25) is 0 Å². The number of carbonyl (C=O) groups is 2. The molecule has 0 spiro atoms. The molecule has 0 aliphatic heterocycles. The largest absolute Gasteiger partial charge is 0.478 e. The number of hydrogen-bond acceptors (Lipinski definition) is 5. The Bertz CT molecular complexity index is 494. The Morgan fingerprint density at radius 2 is 1.80 bits per heavy atom. The normalized spacial score (nSPS) is 9.85. The van der Waals surface area contributed by atoms with Gasteiger partial charge in [0, 0.05) is 0 Å². The summed E-state index contributed by atoms with van der Waals surface area (Å²) in [5.74, 6) is -1.35. The molecular formula is C14H16O6. The standard InChI is InChI=1S/C14H16O6/c1-10(2)20-9-18-7-8-19-14(17)12-6-4-3-5-11(12)13(15)16/h3-6H,1,7-9H2,2H3,(H,15,16). The maximum Gasteiger partial charge on any atom is 0.339 e. The third kappa shape index (κ3) is 5.11. The minimum Gasteiger partial charge on any atom is -0.478 e. The molecule has 0 saturated carbocycles. The van der Waals surface area contributed by atoms with Crippen molar-refractivity contribution in [2.75, 3.05) is 20.0 Å². The van der Waals surface area contributed by atoms with Crippen molar-refractivity contribution < 1.29 is 28.9 Å². The first-order valence-corrected chi connectivity index (χ1v) is 5.88. The lowest BCUT2D eigenvalue weighted by atomic mass is 10.1. The molecule has 1 N–H and O–H groups in total. The Kier molecular flexibility index (Phi) is 6.25. The summed E-state index contributed by atoms with van der Waals surface area (Å²) in [5.41, 5.74) is -0.0813. The third-order valence-electron chi connectivity index (χ3n) is 2.23. The minimum absolute atomic E-state index is 0.00629. The maximum absolute atomic E-state index is 11.7. The first-order chi connectivity index (χ1) is 9.52. The highest BCUT2D eigenvalue weighted by atomic mass is 16.7. The van der Waals surface area contributed by atoms with Crippen LogP contribution in [0.25, 0.3) is 0 Å². The Morgan fingerprint density at radius 3 is 2.40 bits per heavy atom. The molecule has 0 aliphatic carbocycles. The van der Waals surface area contributed by atoms with Crippen LogP contribution in [0, 0.1) is 0 Å². The second-order valence-electron chi connectivity index (χ2n) is 3.86. The zero-order valence-electron chi connectivity index (χ0n) is 11.1. The highest BCUT2D eigenvalue weighted by Gasteiger charge is 2.16. The van der Waals surface area contributed by atoms with Crippen LogP contribution < -0.4 is 0 Å². The molecule has 1 aromatic carbocycles. The summed E-state index contributed by atoms with van der Waals surface area (Å²) in [6, 6.07) is 5.85. The Morgan fingerprint density at radius 1 is 1.15 bits per heavy atom. The van der Waals surface area contributed by atoms with E-state index in [0.717, 1.165) is 0 Å². The highest BCUT2D eigenvalue weighted by Crippen LogP contribution is 2.10. The van der Waals surface area contributed by atoms with Gasteiger partial charge in [-0.1, -0.05) is 18.7 Å². The molecule has 0 fully saturated rings. The van der Waals surface area contributed by atoms with Gasteiger partial charge < -0.3 is 19.3 Å². The summed E-state index contributed by atoms with van der Waals surface area (Å²) in [5, 5.41) is 8.95. The second kappa shape index (κ2) is 7.96. The van der Waals surface area contributed by atoms with Crippen molar-refractivity contribution in [3.8, 4) is 0 Å². The fourth-order valence-electron chi connectivity index (χ4n) is 1.32. The monoisotopic (exact) mass is 280 g/mol. The minimum atomic E-state index is -1.18. The van der Waals surface area contributed by atoms with Crippen LogP contribution in [-0.4, -0.2) is 37.1 Å². The van der Waals surface area contributed by atoms with Crippen LogP contribution in [0.3, 0.4) is 0 Å². The number of aromatic carboxylic acids is 1. The first-order valence-electron chi connectivity index (χ1n) is 5.88. The summed E-state index contributed by atoms with van der Waals surface area (Å²) in [6.45, 7) is 5.39. The number of ether oxygens (including phenoxy) is 3. The molecule has 108 valence electrons. The second-order valence-corrected chi connectivity index (χ2v) is 3.86. The van der Waals surface area contributed by atoms with Gasteiger partial charge in [0.25, 0.3) is 0 Å². The van der Waals surface area contributed by atoms with Crippen molar-refractivity contribution in [1.82, 2.24) is 0 Å². The molecule has 0 unspecified atom stereocenters. The van der Waals surface area contributed by atoms with Crippen molar-refractivity contribution in [2.24, 2.45) is 0 Å². The van der Waals surface area contributed by atoms with Crippen molar-refractivity contribution in [1.29, 1.82) is 0 Å². The SMILES string of the molecule is C=C(C)OCOCCOC(=O)c1ccccc1C(=O)O. The number of esters is 1. The number of carboxylic acids is 1. The number of rotatable bonds is 8. The van der Waals surface area contributed by atoms with Gasteiger partial charge in [0.15, 0.2) is 6.79 Å². The lowest BCUT2D eigenvalue weighted by Gasteiger charge is -2.08. The van der Waals surface area contributed by atoms with Gasteiger partial charge in [-0.05, 0) is 19.1 Å². The summed E-state index contributed by atoms with van der Waals surface area (Å²) in [7, 11) is 0. The molecule has 6 nitrogen and oxygen atoms in total. The van der Waals surface area contributed by atoms with Crippen LogP contribution in [0.1, 0.15) is 27.6 Å². The lowest BCUT2D eigenvalue weighted by Crippen LogP contribution is -2.15. The van der Waals surface area contributed by atoms with E-state index in [1.54, 1.807) is 13.0 Å². The Labute approximate surface area is 116 Å². The van der Waals surface area contributed by atoms with Crippen LogP contribution in [0.4, 0.5) is 0 Å².